The monoisotopic (exact) mass is 326 g/mol. The summed E-state index contributed by atoms with van der Waals surface area (Å²) >= 11 is 0. The lowest BCUT2D eigenvalue weighted by Crippen LogP contribution is -2.35. The van der Waals surface area contributed by atoms with Crippen LogP contribution >= 0.6 is 12.4 Å². The Morgan fingerprint density at radius 3 is 2.33 bits per heavy atom. The molecule has 120 valence electrons. The van der Waals surface area contributed by atoms with Crippen LogP contribution in [-0.2, 0) is 12.7 Å². The van der Waals surface area contributed by atoms with Crippen molar-refractivity contribution in [2.24, 2.45) is 11.7 Å². The Labute approximate surface area is 127 Å². The van der Waals surface area contributed by atoms with Crippen LogP contribution in [0.1, 0.15) is 24.0 Å². The maximum atomic E-state index is 13.2. The summed E-state index contributed by atoms with van der Waals surface area (Å²) in [5.74, 6) is -0.715. The largest absolute Gasteiger partial charge is 0.419 e. The van der Waals surface area contributed by atoms with E-state index in [4.69, 9.17) is 5.73 Å². The SMILES string of the molecule is Cl.NCC1CCN(Cc2ccc(F)c(C(F)(F)F)c2)CC1. The van der Waals surface area contributed by atoms with Crippen molar-refractivity contribution in [2.45, 2.75) is 25.6 Å². The molecule has 0 saturated carbocycles. The molecular weight excluding hydrogens is 308 g/mol. The highest BCUT2D eigenvalue weighted by molar-refractivity contribution is 5.85. The van der Waals surface area contributed by atoms with Crippen LogP contribution in [0.2, 0.25) is 0 Å². The lowest BCUT2D eigenvalue weighted by molar-refractivity contribution is -0.140. The number of nitrogens with zero attached hydrogens (tertiary/aromatic N) is 1. The number of halogens is 5. The van der Waals surface area contributed by atoms with Crippen LogP contribution in [-0.4, -0.2) is 24.5 Å². The fourth-order valence-electron chi connectivity index (χ4n) is 2.53. The molecule has 1 saturated heterocycles. The first-order valence-electron chi connectivity index (χ1n) is 6.68. The lowest BCUT2D eigenvalue weighted by atomic mass is 9.96. The molecule has 0 atom stereocenters. The summed E-state index contributed by atoms with van der Waals surface area (Å²) in [6.45, 7) is 2.71. The third-order valence-electron chi connectivity index (χ3n) is 3.78. The van der Waals surface area contributed by atoms with Gasteiger partial charge in [0.2, 0.25) is 0 Å². The Morgan fingerprint density at radius 2 is 1.81 bits per heavy atom. The summed E-state index contributed by atoms with van der Waals surface area (Å²) in [6.07, 6.45) is -2.72. The van der Waals surface area contributed by atoms with E-state index in [0.717, 1.165) is 38.1 Å². The van der Waals surface area contributed by atoms with Gasteiger partial charge in [0.15, 0.2) is 0 Å². The van der Waals surface area contributed by atoms with Crippen molar-refractivity contribution in [1.82, 2.24) is 4.90 Å². The van der Waals surface area contributed by atoms with E-state index < -0.39 is 17.6 Å². The van der Waals surface area contributed by atoms with E-state index in [0.29, 0.717) is 24.6 Å². The summed E-state index contributed by atoms with van der Waals surface area (Å²) in [4.78, 5) is 2.08. The Bertz CT molecular complexity index is 457. The molecular formula is C14H19ClF4N2. The third kappa shape index (κ3) is 4.83. The molecule has 0 bridgehead atoms. The predicted molar refractivity (Wildman–Crippen MR) is 75.7 cm³/mol. The Kier molecular flexibility index (Phi) is 6.43. The highest BCUT2D eigenvalue weighted by atomic mass is 35.5. The molecule has 0 radical (unpaired) electrons. The van der Waals surface area contributed by atoms with E-state index in [2.05, 4.69) is 4.90 Å². The Hall–Kier alpha value is -0.850. The van der Waals surface area contributed by atoms with Crippen LogP contribution in [0.5, 0.6) is 0 Å². The zero-order valence-electron chi connectivity index (χ0n) is 11.5. The van der Waals surface area contributed by atoms with Gasteiger partial charge in [-0.05, 0) is 56.1 Å². The minimum atomic E-state index is -4.65. The zero-order chi connectivity index (χ0) is 14.8. The molecule has 2 rings (SSSR count). The van der Waals surface area contributed by atoms with Gasteiger partial charge in [-0.3, -0.25) is 4.90 Å². The molecule has 1 aliphatic rings. The van der Waals surface area contributed by atoms with Crippen LogP contribution in [0.4, 0.5) is 17.6 Å². The minimum absolute atomic E-state index is 0. The zero-order valence-corrected chi connectivity index (χ0v) is 12.3. The van der Waals surface area contributed by atoms with Crippen molar-refractivity contribution in [2.75, 3.05) is 19.6 Å². The number of likely N-dealkylation sites (tertiary alicyclic amines) is 1. The number of piperidine rings is 1. The van der Waals surface area contributed by atoms with Crippen LogP contribution in [0.15, 0.2) is 18.2 Å². The maximum Gasteiger partial charge on any atom is 0.419 e. The van der Waals surface area contributed by atoms with Gasteiger partial charge in [0.1, 0.15) is 5.82 Å². The van der Waals surface area contributed by atoms with Crippen LogP contribution in [0.3, 0.4) is 0 Å². The van der Waals surface area contributed by atoms with E-state index >= 15 is 0 Å². The number of nitrogens with two attached hydrogens (primary N) is 1. The second-order valence-electron chi connectivity index (χ2n) is 5.27. The fraction of sp³-hybridized carbons (Fsp3) is 0.571. The molecule has 0 spiro atoms. The molecule has 7 heteroatoms. The van der Waals surface area contributed by atoms with Gasteiger partial charge in [0.05, 0.1) is 5.56 Å². The molecule has 21 heavy (non-hydrogen) atoms. The molecule has 0 aromatic heterocycles. The predicted octanol–water partition coefficient (Wildman–Crippen LogP) is 3.44. The molecule has 1 aromatic carbocycles. The van der Waals surface area contributed by atoms with E-state index in [1.165, 1.54) is 6.07 Å². The number of hydrogen-bond acceptors (Lipinski definition) is 2. The highest BCUT2D eigenvalue weighted by Crippen LogP contribution is 2.32. The maximum absolute atomic E-state index is 13.2. The van der Waals surface area contributed by atoms with Crippen molar-refractivity contribution < 1.29 is 17.6 Å². The van der Waals surface area contributed by atoms with Gasteiger partial charge < -0.3 is 5.73 Å². The van der Waals surface area contributed by atoms with Gasteiger partial charge >= 0.3 is 6.18 Å². The molecule has 2 nitrogen and oxygen atoms in total. The quantitative estimate of drug-likeness (QED) is 0.862. The first-order chi connectivity index (χ1) is 9.40. The summed E-state index contributed by atoms with van der Waals surface area (Å²) < 4.78 is 51.1. The van der Waals surface area contributed by atoms with Gasteiger partial charge in [-0.1, -0.05) is 6.07 Å². The summed E-state index contributed by atoms with van der Waals surface area (Å²) in [5.41, 5.74) is 4.90. The Balaban J connectivity index is 0.00000220. The Morgan fingerprint density at radius 1 is 1.19 bits per heavy atom. The van der Waals surface area contributed by atoms with Crippen molar-refractivity contribution in [1.29, 1.82) is 0 Å². The van der Waals surface area contributed by atoms with Gasteiger partial charge in [-0.2, -0.15) is 13.2 Å². The van der Waals surface area contributed by atoms with Gasteiger partial charge in [0.25, 0.3) is 0 Å². The smallest absolute Gasteiger partial charge is 0.330 e. The molecule has 1 aliphatic heterocycles. The third-order valence-corrected chi connectivity index (χ3v) is 3.78. The van der Waals surface area contributed by atoms with Gasteiger partial charge in [-0.15, -0.1) is 12.4 Å². The molecule has 0 unspecified atom stereocenters. The molecule has 0 amide bonds. The lowest BCUT2D eigenvalue weighted by Gasteiger charge is -2.31. The number of alkyl halides is 3. The van der Waals surface area contributed by atoms with Gasteiger partial charge in [0, 0.05) is 6.54 Å². The molecule has 1 heterocycles. The second-order valence-corrected chi connectivity index (χ2v) is 5.27. The van der Waals surface area contributed by atoms with E-state index in [1.54, 1.807) is 0 Å². The average molecular weight is 327 g/mol. The highest BCUT2D eigenvalue weighted by Gasteiger charge is 2.34. The molecule has 1 aromatic rings. The van der Waals surface area contributed by atoms with Crippen LogP contribution in [0.25, 0.3) is 0 Å². The standard InChI is InChI=1S/C14H18F4N2.ClH/c15-13-2-1-11(7-12(13)14(16,17)18)9-20-5-3-10(8-19)4-6-20;/h1-2,7,10H,3-6,8-9,19H2;1H. The molecule has 2 N–H and O–H groups in total. The number of hydrogen-bond donors (Lipinski definition) is 1. The van der Waals surface area contributed by atoms with Crippen molar-refractivity contribution in [3.05, 3.63) is 35.1 Å². The van der Waals surface area contributed by atoms with Crippen LogP contribution < -0.4 is 5.73 Å². The summed E-state index contributed by atoms with van der Waals surface area (Å²) in [5, 5.41) is 0. The minimum Gasteiger partial charge on any atom is -0.330 e. The average Bonchev–Trinajstić information content (AvgIpc) is 2.40. The van der Waals surface area contributed by atoms with Crippen molar-refractivity contribution in [3.63, 3.8) is 0 Å². The van der Waals surface area contributed by atoms with Crippen molar-refractivity contribution in [3.8, 4) is 0 Å². The first kappa shape index (κ1) is 18.2. The molecule has 1 fully saturated rings. The van der Waals surface area contributed by atoms with Crippen molar-refractivity contribution >= 4 is 12.4 Å². The van der Waals surface area contributed by atoms with E-state index in [1.807, 2.05) is 0 Å². The van der Waals surface area contributed by atoms with E-state index in [9.17, 15) is 17.6 Å². The number of rotatable bonds is 3. The second kappa shape index (κ2) is 7.42. The number of benzene rings is 1. The normalized spacial score (nSPS) is 17.6. The van der Waals surface area contributed by atoms with Gasteiger partial charge in [-0.25, -0.2) is 4.39 Å². The first-order valence-corrected chi connectivity index (χ1v) is 6.68. The summed E-state index contributed by atoms with van der Waals surface area (Å²) in [6, 6.07) is 3.22. The summed E-state index contributed by atoms with van der Waals surface area (Å²) in [7, 11) is 0. The molecule has 0 aliphatic carbocycles. The fourth-order valence-corrected chi connectivity index (χ4v) is 2.53. The topological polar surface area (TPSA) is 29.3 Å². The van der Waals surface area contributed by atoms with E-state index in [-0.39, 0.29) is 12.4 Å². The van der Waals surface area contributed by atoms with Crippen LogP contribution in [0, 0.1) is 11.7 Å².